The van der Waals surface area contributed by atoms with Crippen molar-refractivity contribution in [3.05, 3.63) is 29.8 Å². The minimum atomic E-state index is -3.31. The van der Waals surface area contributed by atoms with Crippen LogP contribution in [0.5, 0.6) is 0 Å². The molecule has 1 aromatic rings. The molecule has 0 radical (unpaired) electrons. The number of hydrogen-bond acceptors (Lipinski definition) is 3. The van der Waals surface area contributed by atoms with Crippen LogP contribution in [-0.2, 0) is 10.0 Å². The summed E-state index contributed by atoms with van der Waals surface area (Å²) in [6, 6.07) is 7.13. The van der Waals surface area contributed by atoms with Crippen molar-refractivity contribution in [3.63, 3.8) is 0 Å². The van der Waals surface area contributed by atoms with Crippen molar-refractivity contribution in [1.29, 1.82) is 0 Å². The Balaban J connectivity index is 1.65. The van der Waals surface area contributed by atoms with E-state index < -0.39 is 10.0 Å². The fourth-order valence-corrected chi connectivity index (χ4v) is 4.10. The SMILES string of the molecule is Cc1ccc(S(=O)(=O)N2CCN(CC3CC3)CC2)cc1. The Hall–Kier alpha value is -0.910. The standard InChI is InChI=1S/C15H22N2O2S/c1-13-2-6-15(7-3-13)20(18,19)17-10-8-16(9-11-17)12-14-4-5-14/h2-3,6-7,14H,4-5,8-12H2,1H3. The maximum absolute atomic E-state index is 12.5. The number of nitrogens with zero attached hydrogens (tertiary/aromatic N) is 2. The van der Waals surface area contributed by atoms with Gasteiger partial charge in [-0.2, -0.15) is 4.31 Å². The molecule has 20 heavy (non-hydrogen) atoms. The third-order valence-corrected chi connectivity index (χ3v) is 6.12. The van der Waals surface area contributed by atoms with Crippen molar-refractivity contribution in [1.82, 2.24) is 9.21 Å². The minimum absolute atomic E-state index is 0.416. The highest BCUT2D eigenvalue weighted by atomic mass is 32.2. The largest absolute Gasteiger partial charge is 0.300 e. The lowest BCUT2D eigenvalue weighted by molar-refractivity contribution is 0.182. The Morgan fingerprint density at radius 1 is 1.05 bits per heavy atom. The van der Waals surface area contributed by atoms with Crippen molar-refractivity contribution < 1.29 is 8.42 Å². The van der Waals surface area contributed by atoms with E-state index in [4.69, 9.17) is 0 Å². The van der Waals surface area contributed by atoms with Crippen LogP contribution in [0.25, 0.3) is 0 Å². The van der Waals surface area contributed by atoms with Crippen molar-refractivity contribution in [3.8, 4) is 0 Å². The van der Waals surface area contributed by atoms with Gasteiger partial charge in [-0.1, -0.05) is 17.7 Å². The quantitative estimate of drug-likeness (QED) is 0.849. The number of piperazine rings is 1. The molecule has 0 amide bonds. The zero-order valence-corrected chi connectivity index (χ0v) is 12.8. The fraction of sp³-hybridized carbons (Fsp3) is 0.600. The Morgan fingerprint density at radius 2 is 1.65 bits per heavy atom. The van der Waals surface area contributed by atoms with E-state index >= 15 is 0 Å². The lowest BCUT2D eigenvalue weighted by Gasteiger charge is -2.34. The summed E-state index contributed by atoms with van der Waals surface area (Å²) in [4.78, 5) is 2.82. The number of sulfonamides is 1. The Labute approximate surface area is 121 Å². The molecule has 110 valence electrons. The summed E-state index contributed by atoms with van der Waals surface area (Å²) < 4.78 is 26.7. The summed E-state index contributed by atoms with van der Waals surface area (Å²) in [5.74, 6) is 0.871. The van der Waals surface area contributed by atoms with Gasteiger partial charge in [0, 0.05) is 32.7 Å². The van der Waals surface area contributed by atoms with Gasteiger partial charge < -0.3 is 4.90 Å². The van der Waals surface area contributed by atoms with Gasteiger partial charge in [0.2, 0.25) is 10.0 Å². The first kappa shape index (κ1) is 14.0. The van der Waals surface area contributed by atoms with Gasteiger partial charge in [0.15, 0.2) is 0 Å². The Kier molecular flexibility index (Phi) is 3.84. The molecule has 0 atom stereocenters. The zero-order valence-electron chi connectivity index (χ0n) is 12.0. The van der Waals surface area contributed by atoms with Gasteiger partial charge >= 0.3 is 0 Å². The third-order valence-electron chi connectivity index (χ3n) is 4.20. The van der Waals surface area contributed by atoms with Gasteiger partial charge in [-0.3, -0.25) is 0 Å². The van der Waals surface area contributed by atoms with Gasteiger partial charge in [0.1, 0.15) is 0 Å². The molecule has 0 spiro atoms. The van der Waals surface area contributed by atoms with Gasteiger partial charge in [-0.25, -0.2) is 8.42 Å². The summed E-state index contributed by atoms with van der Waals surface area (Å²) in [5, 5.41) is 0. The van der Waals surface area contributed by atoms with Crippen LogP contribution in [-0.4, -0.2) is 50.3 Å². The molecular weight excluding hydrogens is 272 g/mol. The molecule has 0 aromatic heterocycles. The predicted octanol–water partition coefficient (Wildman–Crippen LogP) is 1.71. The number of hydrogen-bond donors (Lipinski definition) is 0. The number of rotatable bonds is 4. The van der Waals surface area contributed by atoms with Crippen molar-refractivity contribution in [2.24, 2.45) is 5.92 Å². The molecule has 1 aliphatic heterocycles. The minimum Gasteiger partial charge on any atom is -0.300 e. The summed E-state index contributed by atoms with van der Waals surface area (Å²) in [6.45, 7) is 6.07. The van der Waals surface area contributed by atoms with Crippen molar-refractivity contribution in [2.75, 3.05) is 32.7 Å². The third kappa shape index (κ3) is 3.05. The summed E-state index contributed by atoms with van der Waals surface area (Å²) in [7, 11) is -3.31. The second kappa shape index (κ2) is 5.47. The van der Waals surface area contributed by atoms with Crippen molar-refractivity contribution >= 4 is 10.0 Å². The van der Waals surface area contributed by atoms with E-state index in [1.165, 1.54) is 12.8 Å². The molecule has 3 rings (SSSR count). The molecular formula is C15H22N2O2S. The highest BCUT2D eigenvalue weighted by Crippen LogP contribution is 2.30. The normalized spacial score (nSPS) is 22.1. The van der Waals surface area contributed by atoms with E-state index in [0.717, 1.165) is 31.1 Å². The maximum atomic E-state index is 12.5. The van der Waals surface area contributed by atoms with E-state index in [0.29, 0.717) is 18.0 Å². The molecule has 0 bridgehead atoms. The van der Waals surface area contributed by atoms with Crippen LogP contribution in [0.3, 0.4) is 0 Å². The predicted molar refractivity (Wildman–Crippen MR) is 79.1 cm³/mol. The smallest absolute Gasteiger partial charge is 0.243 e. The molecule has 2 aliphatic rings. The maximum Gasteiger partial charge on any atom is 0.243 e. The monoisotopic (exact) mass is 294 g/mol. The first-order valence-corrected chi connectivity index (χ1v) is 8.79. The molecule has 2 fully saturated rings. The first-order chi connectivity index (χ1) is 9.55. The molecule has 0 N–H and O–H groups in total. The van der Waals surface area contributed by atoms with Crippen LogP contribution in [0.15, 0.2) is 29.2 Å². The van der Waals surface area contributed by atoms with E-state index in [1.54, 1.807) is 16.4 Å². The lowest BCUT2D eigenvalue weighted by atomic mass is 10.2. The molecule has 4 nitrogen and oxygen atoms in total. The van der Waals surface area contributed by atoms with Gasteiger partial charge in [-0.05, 0) is 37.8 Å². The Morgan fingerprint density at radius 3 is 2.20 bits per heavy atom. The van der Waals surface area contributed by atoms with E-state index in [-0.39, 0.29) is 0 Å². The van der Waals surface area contributed by atoms with Gasteiger partial charge in [0.05, 0.1) is 4.90 Å². The van der Waals surface area contributed by atoms with Crippen LogP contribution in [0.2, 0.25) is 0 Å². The average molecular weight is 294 g/mol. The summed E-state index contributed by atoms with van der Waals surface area (Å²) >= 11 is 0. The zero-order chi connectivity index (χ0) is 14.2. The fourth-order valence-electron chi connectivity index (χ4n) is 2.68. The summed E-state index contributed by atoms with van der Waals surface area (Å²) in [6.07, 6.45) is 2.70. The molecule has 0 unspecified atom stereocenters. The molecule has 1 aromatic carbocycles. The molecule has 1 saturated carbocycles. The molecule has 1 saturated heterocycles. The highest BCUT2D eigenvalue weighted by molar-refractivity contribution is 7.89. The van der Waals surface area contributed by atoms with Crippen molar-refractivity contribution in [2.45, 2.75) is 24.7 Å². The number of aryl methyl sites for hydroxylation is 1. The van der Waals surface area contributed by atoms with Crippen LogP contribution in [0, 0.1) is 12.8 Å². The molecule has 1 aliphatic carbocycles. The van der Waals surface area contributed by atoms with E-state index in [2.05, 4.69) is 4.90 Å². The average Bonchev–Trinajstić information content (AvgIpc) is 3.24. The van der Waals surface area contributed by atoms with Gasteiger partial charge in [0.25, 0.3) is 0 Å². The van der Waals surface area contributed by atoms with Crippen LogP contribution in [0.1, 0.15) is 18.4 Å². The van der Waals surface area contributed by atoms with Crippen LogP contribution in [0.4, 0.5) is 0 Å². The highest BCUT2D eigenvalue weighted by Gasteiger charge is 2.31. The lowest BCUT2D eigenvalue weighted by Crippen LogP contribution is -2.49. The van der Waals surface area contributed by atoms with Gasteiger partial charge in [-0.15, -0.1) is 0 Å². The van der Waals surface area contributed by atoms with E-state index in [1.807, 2.05) is 19.1 Å². The van der Waals surface area contributed by atoms with Crippen LogP contribution >= 0.6 is 0 Å². The second-order valence-corrected chi connectivity index (χ2v) is 7.90. The number of benzene rings is 1. The summed E-state index contributed by atoms with van der Waals surface area (Å²) in [5.41, 5.74) is 1.08. The second-order valence-electron chi connectivity index (χ2n) is 5.96. The molecule has 1 heterocycles. The first-order valence-electron chi connectivity index (χ1n) is 7.35. The van der Waals surface area contributed by atoms with E-state index in [9.17, 15) is 8.42 Å². The topological polar surface area (TPSA) is 40.6 Å². The Bertz CT molecular complexity index is 556. The van der Waals surface area contributed by atoms with Crippen LogP contribution < -0.4 is 0 Å². The molecule has 5 heteroatoms.